The van der Waals surface area contributed by atoms with Gasteiger partial charge in [-0.3, -0.25) is 4.79 Å². The van der Waals surface area contributed by atoms with Crippen LogP contribution in [-0.4, -0.2) is 19.4 Å². The molecule has 0 spiro atoms. The van der Waals surface area contributed by atoms with E-state index in [1.54, 1.807) is 4.90 Å². The largest absolute Gasteiger partial charge is 0.418 e. The van der Waals surface area contributed by atoms with Gasteiger partial charge in [0.15, 0.2) is 0 Å². The van der Waals surface area contributed by atoms with Gasteiger partial charge < -0.3 is 4.90 Å². The van der Waals surface area contributed by atoms with Crippen molar-refractivity contribution in [3.05, 3.63) is 29.3 Å². The first-order chi connectivity index (χ1) is 9.32. The summed E-state index contributed by atoms with van der Waals surface area (Å²) in [5.41, 5.74) is -0.474. The molecule has 1 unspecified atom stereocenters. The van der Waals surface area contributed by atoms with E-state index in [1.165, 1.54) is 12.1 Å². The average Bonchev–Trinajstić information content (AvgIpc) is 2.86. The van der Waals surface area contributed by atoms with Crippen LogP contribution in [0, 0.1) is 11.8 Å². The number of alkyl halides is 3. The first-order valence-electron chi connectivity index (χ1n) is 6.74. The van der Waals surface area contributed by atoms with Crippen molar-refractivity contribution < 1.29 is 18.0 Å². The third kappa shape index (κ3) is 2.97. The molecule has 1 aliphatic rings. The SMILES string of the molecule is CC(C)C1CCN(c2ccc(C=O)cc2C(F)(F)F)C1. The van der Waals surface area contributed by atoms with Crippen molar-refractivity contribution in [3.8, 4) is 0 Å². The predicted molar refractivity (Wildman–Crippen MR) is 72.0 cm³/mol. The minimum atomic E-state index is -4.44. The summed E-state index contributed by atoms with van der Waals surface area (Å²) in [5, 5.41) is 0. The molecule has 2 nitrogen and oxygen atoms in total. The quantitative estimate of drug-likeness (QED) is 0.782. The van der Waals surface area contributed by atoms with E-state index < -0.39 is 11.7 Å². The van der Waals surface area contributed by atoms with Gasteiger partial charge in [0, 0.05) is 24.3 Å². The lowest BCUT2D eigenvalue weighted by atomic mass is 9.95. The molecular formula is C15H18F3NO. The lowest BCUT2D eigenvalue weighted by Crippen LogP contribution is -2.24. The molecule has 5 heteroatoms. The Morgan fingerprint density at radius 3 is 2.55 bits per heavy atom. The van der Waals surface area contributed by atoms with Crippen molar-refractivity contribution in [3.63, 3.8) is 0 Å². The van der Waals surface area contributed by atoms with E-state index in [4.69, 9.17) is 0 Å². The zero-order valence-corrected chi connectivity index (χ0v) is 11.6. The normalized spacial score (nSPS) is 19.7. The first kappa shape index (κ1) is 14.9. The van der Waals surface area contributed by atoms with Gasteiger partial charge in [0.05, 0.1) is 5.56 Å². The Balaban J connectivity index is 2.35. The highest BCUT2D eigenvalue weighted by atomic mass is 19.4. The standard InChI is InChI=1S/C15H18F3NO/c1-10(2)12-5-6-19(8-12)14-4-3-11(9-20)7-13(14)15(16,17)18/h3-4,7,9-10,12H,5-6,8H2,1-2H3. The van der Waals surface area contributed by atoms with Gasteiger partial charge in [-0.1, -0.05) is 13.8 Å². The average molecular weight is 285 g/mol. The number of carbonyl (C=O) groups is 1. The molecule has 0 amide bonds. The van der Waals surface area contributed by atoms with E-state index in [-0.39, 0.29) is 11.3 Å². The van der Waals surface area contributed by atoms with Crippen molar-refractivity contribution in [2.75, 3.05) is 18.0 Å². The molecule has 0 N–H and O–H groups in total. The highest BCUT2D eigenvalue weighted by Gasteiger charge is 2.37. The van der Waals surface area contributed by atoms with Crippen LogP contribution in [0.1, 0.15) is 36.2 Å². The summed E-state index contributed by atoms with van der Waals surface area (Å²) < 4.78 is 39.4. The number of carbonyl (C=O) groups excluding carboxylic acids is 1. The maximum absolute atomic E-state index is 13.1. The van der Waals surface area contributed by atoms with Crippen molar-refractivity contribution in [2.24, 2.45) is 11.8 Å². The van der Waals surface area contributed by atoms with Gasteiger partial charge in [0.2, 0.25) is 0 Å². The molecule has 0 bridgehead atoms. The fourth-order valence-electron chi connectivity index (χ4n) is 2.68. The molecule has 2 rings (SSSR count). The van der Waals surface area contributed by atoms with Gasteiger partial charge in [-0.2, -0.15) is 13.2 Å². The number of halogens is 3. The fourth-order valence-corrected chi connectivity index (χ4v) is 2.68. The molecule has 1 saturated heterocycles. The molecule has 1 atom stereocenters. The molecule has 1 fully saturated rings. The molecule has 110 valence electrons. The second-order valence-corrected chi connectivity index (χ2v) is 5.63. The number of hydrogen-bond acceptors (Lipinski definition) is 2. The maximum Gasteiger partial charge on any atom is 0.418 e. The smallest absolute Gasteiger partial charge is 0.371 e. The van der Waals surface area contributed by atoms with Crippen molar-refractivity contribution in [1.29, 1.82) is 0 Å². The number of nitrogens with zero attached hydrogens (tertiary/aromatic N) is 1. The Labute approximate surface area is 116 Å². The Hall–Kier alpha value is -1.52. The zero-order valence-electron chi connectivity index (χ0n) is 11.6. The van der Waals surface area contributed by atoms with Gasteiger partial charge >= 0.3 is 6.18 Å². The molecule has 0 radical (unpaired) electrons. The highest BCUT2D eigenvalue weighted by Crippen LogP contribution is 2.39. The zero-order chi connectivity index (χ0) is 14.9. The molecule has 1 heterocycles. The summed E-state index contributed by atoms with van der Waals surface area (Å²) in [6.07, 6.45) is -3.09. The van der Waals surface area contributed by atoms with Crippen LogP contribution in [0.4, 0.5) is 18.9 Å². The summed E-state index contributed by atoms with van der Waals surface area (Å²) >= 11 is 0. The lowest BCUT2D eigenvalue weighted by molar-refractivity contribution is -0.137. The molecule has 0 aliphatic carbocycles. The number of rotatable bonds is 3. The topological polar surface area (TPSA) is 20.3 Å². The lowest BCUT2D eigenvalue weighted by Gasteiger charge is -2.24. The summed E-state index contributed by atoms with van der Waals surface area (Å²) in [6.45, 7) is 5.45. The van der Waals surface area contributed by atoms with Crippen LogP contribution in [-0.2, 0) is 6.18 Å². The molecule has 20 heavy (non-hydrogen) atoms. The second kappa shape index (κ2) is 5.46. The van der Waals surface area contributed by atoms with E-state index in [9.17, 15) is 18.0 Å². The van der Waals surface area contributed by atoms with Crippen LogP contribution in [0.25, 0.3) is 0 Å². The summed E-state index contributed by atoms with van der Waals surface area (Å²) in [6, 6.07) is 3.79. The molecule has 1 aromatic carbocycles. The van der Waals surface area contributed by atoms with Gasteiger partial charge in [-0.15, -0.1) is 0 Å². The van der Waals surface area contributed by atoms with Crippen LogP contribution in [0.2, 0.25) is 0 Å². The van der Waals surface area contributed by atoms with E-state index in [0.717, 1.165) is 12.5 Å². The maximum atomic E-state index is 13.1. The molecular weight excluding hydrogens is 267 g/mol. The van der Waals surface area contributed by atoms with Gasteiger partial charge in [0.1, 0.15) is 6.29 Å². The summed E-state index contributed by atoms with van der Waals surface area (Å²) in [7, 11) is 0. The van der Waals surface area contributed by atoms with Crippen LogP contribution < -0.4 is 4.90 Å². The Morgan fingerprint density at radius 1 is 1.35 bits per heavy atom. The number of benzene rings is 1. The Bertz CT molecular complexity index is 496. The fraction of sp³-hybridized carbons (Fsp3) is 0.533. The second-order valence-electron chi connectivity index (χ2n) is 5.63. The van der Waals surface area contributed by atoms with Crippen molar-refractivity contribution in [2.45, 2.75) is 26.4 Å². The van der Waals surface area contributed by atoms with E-state index in [0.29, 0.717) is 31.2 Å². The Kier molecular flexibility index (Phi) is 4.06. The van der Waals surface area contributed by atoms with E-state index in [2.05, 4.69) is 13.8 Å². The van der Waals surface area contributed by atoms with Crippen molar-refractivity contribution in [1.82, 2.24) is 0 Å². The monoisotopic (exact) mass is 285 g/mol. The highest BCUT2D eigenvalue weighted by molar-refractivity contribution is 5.77. The minimum Gasteiger partial charge on any atom is -0.371 e. The number of aldehydes is 1. The van der Waals surface area contributed by atoms with Gasteiger partial charge in [-0.25, -0.2) is 0 Å². The van der Waals surface area contributed by atoms with Crippen molar-refractivity contribution >= 4 is 12.0 Å². The number of anilines is 1. The predicted octanol–water partition coefficient (Wildman–Crippen LogP) is 4.00. The van der Waals surface area contributed by atoms with Crippen LogP contribution in [0.3, 0.4) is 0 Å². The molecule has 1 aliphatic heterocycles. The third-order valence-electron chi connectivity index (χ3n) is 3.97. The number of hydrogen-bond donors (Lipinski definition) is 0. The van der Waals surface area contributed by atoms with E-state index in [1.807, 2.05) is 0 Å². The Morgan fingerprint density at radius 2 is 2.05 bits per heavy atom. The van der Waals surface area contributed by atoms with Crippen LogP contribution in [0.15, 0.2) is 18.2 Å². The molecule has 0 aromatic heterocycles. The molecule has 0 saturated carbocycles. The van der Waals surface area contributed by atoms with Crippen LogP contribution >= 0.6 is 0 Å². The van der Waals surface area contributed by atoms with Gasteiger partial charge in [0.25, 0.3) is 0 Å². The first-order valence-corrected chi connectivity index (χ1v) is 6.74. The molecule has 1 aromatic rings. The van der Waals surface area contributed by atoms with Gasteiger partial charge in [-0.05, 0) is 36.5 Å². The summed E-state index contributed by atoms with van der Waals surface area (Å²) in [4.78, 5) is 12.5. The summed E-state index contributed by atoms with van der Waals surface area (Å²) in [5.74, 6) is 0.880. The van der Waals surface area contributed by atoms with E-state index >= 15 is 0 Å². The van der Waals surface area contributed by atoms with Crippen LogP contribution in [0.5, 0.6) is 0 Å². The minimum absolute atomic E-state index is 0.0562. The third-order valence-corrected chi connectivity index (χ3v) is 3.97.